The summed E-state index contributed by atoms with van der Waals surface area (Å²) >= 11 is 0. The first-order valence-electron chi connectivity index (χ1n) is 8.53. The van der Waals surface area contributed by atoms with Crippen molar-refractivity contribution in [3.8, 4) is 28.7 Å². The monoisotopic (exact) mass is 359 g/mol. The van der Waals surface area contributed by atoms with E-state index < -0.39 is 0 Å². The first-order valence-corrected chi connectivity index (χ1v) is 8.53. The van der Waals surface area contributed by atoms with Crippen molar-refractivity contribution in [3.63, 3.8) is 0 Å². The van der Waals surface area contributed by atoms with Crippen LogP contribution in [0.5, 0.6) is 28.7 Å². The molecular weight excluding hydrogens is 334 g/mol. The number of methoxy groups -OCH3 is 4. The molecule has 0 amide bonds. The lowest BCUT2D eigenvalue weighted by molar-refractivity contribution is 0.325. The van der Waals surface area contributed by atoms with Crippen LogP contribution in [0, 0.1) is 0 Å². The van der Waals surface area contributed by atoms with Crippen molar-refractivity contribution in [1.29, 1.82) is 0 Å². The van der Waals surface area contributed by atoms with Crippen molar-refractivity contribution in [3.05, 3.63) is 41.0 Å². The molecule has 0 saturated carbocycles. The standard InChI is InChI=1S/C20H25NO5/c1-23-14-5-6-16(24-2)13(9-14)10-15-18-12(7-8-21-15)11-17(25-3)20(26-4)19(18)22/h5-6,9,11,15,21-22H,7-8,10H2,1-4H3. The van der Waals surface area contributed by atoms with E-state index in [1.807, 2.05) is 24.3 Å². The molecule has 2 aromatic rings. The van der Waals surface area contributed by atoms with E-state index in [0.717, 1.165) is 41.2 Å². The lowest BCUT2D eigenvalue weighted by Crippen LogP contribution is -2.31. The van der Waals surface area contributed by atoms with Crippen molar-refractivity contribution in [1.82, 2.24) is 5.32 Å². The number of ether oxygens (including phenoxy) is 4. The molecule has 0 spiro atoms. The van der Waals surface area contributed by atoms with E-state index in [0.29, 0.717) is 17.9 Å². The Labute approximate surface area is 153 Å². The second kappa shape index (κ2) is 7.74. The van der Waals surface area contributed by atoms with E-state index in [9.17, 15) is 5.11 Å². The van der Waals surface area contributed by atoms with Gasteiger partial charge in [0.15, 0.2) is 11.5 Å². The molecule has 2 aromatic carbocycles. The Balaban J connectivity index is 2.03. The van der Waals surface area contributed by atoms with Crippen LogP contribution in [0.15, 0.2) is 24.3 Å². The molecule has 0 radical (unpaired) electrons. The average Bonchev–Trinajstić information content (AvgIpc) is 2.67. The summed E-state index contributed by atoms with van der Waals surface area (Å²) < 4.78 is 21.6. The SMILES string of the molecule is COc1ccc(OC)c(CC2NCCc3cc(OC)c(OC)c(O)c32)c1. The highest BCUT2D eigenvalue weighted by Crippen LogP contribution is 2.46. The Kier molecular flexibility index (Phi) is 5.42. The van der Waals surface area contributed by atoms with Gasteiger partial charge in [-0.1, -0.05) is 0 Å². The quantitative estimate of drug-likeness (QED) is 0.827. The average molecular weight is 359 g/mol. The first kappa shape index (κ1) is 18.2. The lowest BCUT2D eigenvalue weighted by Gasteiger charge is -2.29. The number of nitrogens with one attached hydrogen (secondary N) is 1. The molecule has 26 heavy (non-hydrogen) atoms. The van der Waals surface area contributed by atoms with Crippen LogP contribution in [-0.2, 0) is 12.8 Å². The number of hydrogen-bond acceptors (Lipinski definition) is 6. The molecule has 3 rings (SSSR count). The molecule has 0 bridgehead atoms. The highest BCUT2D eigenvalue weighted by molar-refractivity contribution is 5.60. The molecule has 2 N–H and O–H groups in total. The third kappa shape index (κ3) is 3.24. The second-order valence-corrected chi connectivity index (χ2v) is 6.17. The summed E-state index contributed by atoms with van der Waals surface area (Å²) in [5, 5.41) is 14.3. The molecule has 140 valence electrons. The Morgan fingerprint density at radius 3 is 2.42 bits per heavy atom. The Hall–Kier alpha value is -2.60. The van der Waals surface area contributed by atoms with E-state index in [4.69, 9.17) is 18.9 Å². The van der Waals surface area contributed by atoms with Crippen LogP contribution < -0.4 is 24.3 Å². The number of benzene rings is 2. The van der Waals surface area contributed by atoms with Crippen molar-refractivity contribution in [2.24, 2.45) is 0 Å². The van der Waals surface area contributed by atoms with E-state index >= 15 is 0 Å². The molecular formula is C20H25NO5. The number of aromatic hydroxyl groups is 1. The fraction of sp³-hybridized carbons (Fsp3) is 0.400. The molecule has 1 unspecified atom stereocenters. The predicted octanol–water partition coefficient (Wildman–Crippen LogP) is 2.86. The minimum atomic E-state index is -0.0698. The maximum absolute atomic E-state index is 10.8. The normalized spacial score (nSPS) is 15.9. The van der Waals surface area contributed by atoms with Crippen LogP contribution in [0.3, 0.4) is 0 Å². The van der Waals surface area contributed by atoms with Gasteiger partial charge in [-0.2, -0.15) is 0 Å². The number of fused-ring (bicyclic) bond motifs is 1. The molecule has 1 atom stereocenters. The Morgan fingerprint density at radius 1 is 1.00 bits per heavy atom. The summed E-state index contributed by atoms with van der Waals surface area (Å²) in [7, 11) is 6.39. The zero-order valence-corrected chi connectivity index (χ0v) is 15.6. The Bertz CT molecular complexity index is 790. The third-order valence-corrected chi connectivity index (χ3v) is 4.81. The Morgan fingerprint density at radius 2 is 1.77 bits per heavy atom. The van der Waals surface area contributed by atoms with Gasteiger partial charge in [0, 0.05) is 11.6 Å². The summed E-state index contributed by atoms with van der Waals surface area (Å²) in [5.74, 6) is 2.59. The van der Waals surface area contributed by atoms with Gasteiger partial charge in [-0.3, -0.25) is 0 Å². The third-order valence-electron chi connectivity index (χ3n) is 4.81. The molecule has 1 aliphatic rings. The van der Waals surface area contributed by atoms with Gasteiger partial charge in [-0.25, -0.2) is 0 Å². The molecule has 1 heterocycles. The molecule has 6 nitrogen and oxygen atoms in total. The van der Waals surface area contributed by atoms with Gasteiger partial charge in [0.1, 0.15) is 11.5 Å². The largest absolute Gasteiger partial charge is 0.504 e. The highest BCUT2D eigenvalue weighted by atomic mass is 16.5. The molecule has 0 saturated heterocycles. The van der Waals surface area contributed by atoms with E-state index in [1.165, 1.54) is 7.11 Å². The number of rotatable bonds is 6. The van der Waals surface area contributed by atoms with Crippen molar-refractivity contribution < 1.29 is 24.1 Å². The maximum Gasteiger partial charge on any atom is 0.203 e. The molecule has 0 aromatic heterocycles. The molecule has 1 aliphatic heterocycles. The van der Waals surface area contributed by atoms with Crippen LogP contribution in [0.2, 0.25) is 0 Å². The minimum Gasteiger partial charge on any atom is -0.504 e. The van der Waals surface area contributed by atoms with Gasteiger partial charge in [0.2, 0.25) is 5.75 Å². The minimum absolute atomic E-state index is 0.0698. The van der Waals surface area contributed by atoms with Crippen molar-refractivity contribution in [2.45, 2.75) is 18.9 Å². The van der Waals surface area contributed by atoms with Crippen LogP contribution in [0.4, 0.5) is 0 Å². The van der Waals surface area contributed by atoms with Crippen LogP contribution in [0.1, 0.15) is 22.7 Å². The van der Waals surface area contributed by atoms with Gasteiger partial charge >= 0.3 is 0 Å². The molecule has 0 fully saturated rings. The van der Waals surface area contributed by atoms with Crippen LogP contribution in [0.25, 0.3) is 0 Å². The van der Waals surface area contributed by atoms with Gasteiger partial charge in [-0.15, -0.1) is 0 Å². The highest BCUT2D eigenvalue weighted by Gasteiger charge is 2.28. The summed E-state index contributed by atoms with van der Waals surface area (Å²) in [6.45, 7) is 0.818. The first-order chi connectivity index (χ1) is 12.6. The van der Waals surface area contributed by atoms with Gasteiger partial charge < -0.3 is 29.4 Å². The van der Waals surface area contributed by atoms with Crippen LogP contribution in [-0.4, -0.2) is 40.1 Å². The zero-order valence-electron chi connectivity index (χ0n) is 15.6. The number of phenols is 1. The van der Waals surface area contributed by atoms with E-state index in [-0.39, 0.29) is 11.8 Å². The summed E-state index contributed by atoms with van der Waals surface area (Å²) in [6, 6.07) is 7.61. The molecule has 0 aliphatic carbocycles. The van der Waals surface area contributed by atoms with Gasteiger partial charge in [0.25, 0.3) is 0 Å². The van der Waals surface area contributed by atoms with E-state index in [2.05, 4.69) is 5.32 Å². The summed E-state index contributed by atoms with van der Waals surface area (Å²) in [5.41, 5.74) is 2.91. The van der Waals surface area contributed by atoms with Crippen molar-refractivity contribution in [2.75, 3.05) is 35.0 Å². The molecule has 6 heteroatoms. The topological polar surface area (TPSA) is 69.2 Å². The second-order valence-electron chi connectivity index (χ2n) is 6.17. The van der Waals surface area contributed by atoms with E-state index in [1.54, 1.807) is 21.3 Å². The smallest absolute Gasteiger partial charge is 0.203 e. The van der Waals surface area contributed by atoms with Crippen molar-refractivity contribution >= 4 is 0 Å². The predicted molar refractivity (Wildman–Crippen MR) is 98.9 cm³/mol. The number of phenolic OH excluding ortho intramolecular Hbond substituents is 1. The fourth-order valence-corrected chi connectivity index (χ4v) is 3.56. The summed E-state index contributed by atoms with van der Waals surface area (Å²) in [6.07, 6.45) is 1.46. The fourth-order valence-electron chi connectivity index (χ4n) is 3.56. The lowest BCUT2D eigenvalue weighted by atomic mass is 9.88. The summed E-state index contributed by atoms with van der Waals surface area (Å²) in [4.78, 5) is 0. The van der Waals surface area contributed by atoms with Gasteiger partial charge in [0.05, 0.1) is 28.4 Å². The van der Waals surface area contributed by atoms with Crippen LogP contribution >= 0.6 is 0 Å². The maximum atomic E-state index is 10.8. The van der Waals surface area contributed by atoms with Gasteiger partial charge in [-0.05, 0) is 54.8 Å². The zero-order chi connectivity index (χ0) is 18.7. The number of hydrogen-bond donors (Lipinski definition) is 2.